The molecular weight excluding hydrogens is 388 g/mol. The zero-order valence-corrected chi connectivity index (χ0v) is 17.6. The second-order valence-corrected chi connectivity index (χ2v) is 8.02. The van der Waals surface area contributed by atoms with E-state index in [-0.39, 0.29) is 12.0 Å². The van der Waals surface area contributed by atoms with Gasteiger partial charge in [0.25, 0.3) is 5.91 Å². The van der Waals surface area contributed by atoms with Crippen molar-refractivity contribution in [2.45, 2.75) is 25.9 Å². The van der Waals surface area contributed by atoms with E-state index in [4.69, 9.17) is 19.2 Å². The van der Waals surface area contributed by atoms with E-state index >= 15 is 0 Å². The van der Waals surface area contributed by atoms with Gasteiger partial charge in [-0.25, -0.2) is 4.98 Å². The molecule has 1 atom stereocenters. The summed E-state index contributed by atoms with van der Waals surface area (Å²) in [5.74, 6) is 1.33. The molecule has 0 bridgehead atoms. The molecule has 152 valence electrons. The van der Waals surface area contributed by atoms with Crippen molar-refractivity contribution in [1.29, 1.82) is 0 Å². The van der Waals surface area contributed by atoms with Crippen molar-refractivity contribution < 1.29 is 19.0 Å². The van der Waals surface area contributed by atoms with E-state index in [2.05, 4.69) is 0 Å². The number of fused-ring (bicyclic) bond motifs is 1. The van der Waals surface area contributed by atoms with E-state index < -0.39 is 0 Å². The number of ether oxygens (including phenoxy) is 3. The monoisotopic (exact) mass is 412 g/mol. The number of amides is 1. The highest BCUT2D eigenvalue weighted by Crippen LogP contribution is 2.37. The van der Waals surface area contributed by atoms with Gasteiger partial charge < -0.3 is 14.2 Å². The predicted molar refractivity (Wildman–Crippen MR) is 115 cm³/mol. The van der Waals surface area contributed by atoms with E-state index in [1.165, 1.54) is 11.3 Å². The molecule has 1 aliphatic heterocycles. The third kappa shape index (κ3) is 3.93. The van der Waals surface area contributed by atoms with Gasteiger partial charge in [-0.2, -0.15) is 0 Å². The maximum absolute atomic E-state index is 13.4. The summed E-state index contributed by atoms with van der Waals surface area (Å²) in [6.45, 7) is 3.26. The van der Waals surface area contributed by atoms with Crippen LogP contribution in [0.2, 0.25) is 0 Å². The number of hydrogen-bond donors (Lipinski definition) is 0. The highest BCUT2D eigenvalue weighted by molar-refractivity contribution is 7.22. The predicted octanol–water partition coefficient (Wildman–Crippen LogP) is 4.45. The standard InChI is InChI=1S/C22H24N2O4S/c1-14-6-11-18(27-3)19-20(14)29-22(23-19)24(13-17-5-4-12-28-17)21(25)15-7-9-16(26-2)10-8-15/h6-11,17H,4-5,12-13H2,1-3H3. The Labute approximate surface area is 174 Å². The third-order valence-corrected chi connectivity index (χ3v) is 6.35. The quantitative estimate of drug-likeness (QED) is 0.599. The molecule has 2 heterocycles. The minimum atomic E-state index is -0.0983. The fourth-order valence-electron chi connectivity index (χ4n) is 3.51. The maximum atomic E-state index is 13.4. The van der Waals surface area contributed by atoms with Crippen molar-refractivity contribution in [2.75, 3.05) is 32.3 Å². The zero-order valence-electron chi connectivity index (χ0n) is 16.8. The van der Waals surface area contributed by atoms with Gasteiger partial charge in [0.1, 0.15) is 17.0 Å². The van der Waals surface area contributed by atoms with E-state index in [1.54, 1.807) is 43.4 Å². The Bertz CT molecular complexity index is 1010. The third-order valence-electron chi connectivity index (χ3n) is 5.14. The first-order valence-corrected chi connectivity index (χ1v) is 10.4. The first-order valence-electron chi connectivity index (χ1n) is 9.62. The smallest absolute Gasteiger partial charge is 0.260 e. The molecule has 2 aromatic carbocycles. The molecule has 1 fully saturated rings. The molecule has 0 saturated carbocycles. The van der Waals surface area contributed by atoms with Gasteiger partial charge in [-0.05, 0) is 55.7 Å². The minimum Gasteiger partial charge on any atom is -0.497 e. The molecular formula is C22H24N2O4S. The Balaban J connectivity index is 1.74. The number of thiazole rings is 1. The number of methoxy groups -OCH3 is 2. The van der Waals surface area contributed by atoms with Gasteiger partial charge in [-0.15, -0.1) is 0 Å². The van der Waals surface area contributed by atoms with Gasteiger partial charge in [0, 0.05) is 12.2 Å². The summed E-state index contributed by atoms with van der Waals surface area (Å²) in [6.07, 6.45) is 1.98. The molecule has 0 aliphatic carbocycles. The molecule has 1 unspecified atom stereocenters. The molecule has 1 aromatic heterocycles. The summed E-state index contributed by atoms with van der Waals surface area (Å²) in [5.41, 5.74) is 2.48. The molecule has 29 heavy (non-hydrogen) atoms. The Morgan fingerprint density at radius 2 is 2.00 bits per heavy atom. The van der Waals surface area contributed by atoms with Gasteiger partial charge in [0.15, 0.2) is 5.13 Å². The van der Waals surface area contributed by atoms with Gasteiger partial charge in [-0.3, -0.25) is 9.69 Å². The fourth-order valence-corrected chi connectivity index (χ4v) is 4.57. The van der Waals surface area contributed by atoms with Gasteiger partial charge in [0.05, 0.1) is 31.6 Å². The van der Waals surface area contributed by atoms with Crippen LogP contribution in [0, 0.1) is 6.92 Å². The van der Waals surface area contributed by atoms with Gasteiger partial charge >= 0.3 is 0 Å². The molecule has 0 radical (unpaired) electrons. The largest absolute Gasteiger partial charge is 0.497 e. The molecule has 0 spiro atoms. The van der Waals surface area contributed by atoms with Crippen LogP contribution in [0.4, 0.5) is 5.13 Å². The molecule has 1 amide bonds. The summed E-state index contributed by atoms with van der Waals surface area (Å²) >= 11 is 1.51. The Hall–Kier alpha value is -2.64. The van der Waals surface area contributed by atoms with E-state index in [9.17, 15) is 4.79 Å². The topological polar surface area (TPSA) is 60.9 Å². The van der Waals surface area contributed by atoms with Crippen molar-refractivity contribution >= 4 is 32.6 Å². The van der Waals surface area contributed by atoms with Crippen LogP contribution in [0.5, 0.6) is 11.5 Å². The molecule has 3 aromatic rings. The van der Waals surface area contributed by atoms with Crippen LogP contribution in [-0.4, -0.2) is 44.4 Å². The number of aromatic nitrogens is 1. The summed E-state index contributed by atoms with van der Waals surface area (Å²) in [7, 11) is 3.24. The summed E-state index contributed by atoms with van der Waals surface area (Å²) in [5, 5.41) is 0.656. The number of carbonyl (C=O) groups is 1. The number of hydrogen-bond acceptors (Lipinski definition) is 6. The van der Waals surface area contributed by atoms with Crippen LogP contribution in [0.1, 0.15) is 28.8 Å². The van der Waals surface area contributed by atoms with Crippen LogP contribution in [0.15, 0.2) is 36.4 Å². The molecule has 4 rings (SSSR count). The van der Waals surface area contributed by atoms with Gasteiger partial charge in [-0.1, -0.05) is 17.4 Å². The first-order chi connectivity index (χ1) is 14.1. The van der Waals surface area contributed by atoms with Gasteiger partial charge in [0.2, 0.25) is 0 Å². The Morgan fingerprint density at radius 3 is 2.66 bits per heavy atom. The molecule has 1 aliphatic rings. The SMILES string of the molecule is COc1ccc(C(=O)N(CC2CCCO2)c2nc3c(OC)ccc(C)c3s2)cc1. The number of nitrogens with zero attached hydrogens (tertiary/aromatic N) is 2. The van der Waals surface area contributed by atoms with Crippen LogP contribution < -0.4 is 14.4 Å². The lowest BCUT2D eigenvalue weighted by Crippen LogP contribution is -2.37. The van der Waals surface area contributed by atoms with Crippen molar-refractivity contribution in [1.82, 2.24) is 4.98 Å². The first kappa shape index (κ1) is 19.7. The lowest BCUT2D eigenvalue weighted by molar-refractivity contribution is 0.0917. The minimum absolute atomic E-state index is 0.0206. The Morgan fingerprint density at radius 1 is 1.21 bits per heavy atom. The van der Waals surface area contributed by atoms with Crippen molar-refractivity contribution in [2.24, 2.45) is 0 Å². The highest BCUT2D eigenvalue weighted by Gasteiger charge is 2.27. The highest BCUT2D eigenvalue weighted by atomic mass is 32.1. The number of benzene rings is 2. The molecule has 7 heteroatoms. The van der Waals surface area contributed by atoms with Crippen LogP contribution in [0.25, 0.3) is 10.2 Å². The lowest BCUT2D eigenvalue weighted by atomic mass is 10.1. The van der Waals surface area contributed by atoms with Crippen LogP contribution in [0.3, 0.4) is 0 Å². The van der Waals surface area contributed by atoms with E-state index in [0.717, 1.165) is 35.2 Å². The molecule has 1 saturated heterocycles. The second-order valence-electron chi connectivity index (χ2n) is 7.04. The Kier molecular flexibility index (Phi) is 5.69. The lowest BCUT2D eigenvalue weighted by Gasteiger charge is -2.23. The van der Waals surface area contributed by atoms with E-state index in [0.29, 0.717) is 28.7 Å². The number of aryl methyl sites for hydroxylation is 1. The number of anilines is 1. The summed E-state index contributed by atoms with van der Waals surface area (Å²) < 4.78 is 17.5. The van der Waals surface area contributed by atoms with Crippen molar-refractivity contribution in [3.63, 3.8) is 0 Å². The second kappa shape index (κ2) is 8.39. The number of rotatable bonds is 6. The molecule has 0 N–H and O–H groups in total. The summed E-state index contributed by atoms with van der Waals surface area (Å²) in [6, 6.07) is 11.1. The van der Waals surface area contributed by atoms with Crippen molar-refractivity contribution in [3.8, 4) is 11.5 Å². The zero-order chi connectivity index (χ0) is 20.4. The van der Waals surface area contributed by atoms with Crippen LogP contribution >= 0.6 is 11.3 Å². The maximum Gasteiger partial charge on any atom is 0.260 e. The van der Waals surface area contributed by atoms with E-state index in [1.807, 2.05) is 19.1 Å². The fraction of sp³-hybridized carbons (Fsp3) is 0.364. The average molecular weight is 413 g/mol. The molecule has 6 nitrogen and oxygen atoms in total. The van der Waals surface area contributed by atoms with Crippen LogP contribution in [-0.2, 0) is 4.74 Å². The number of carbonyl (C=O) groups excluding carboxylic acids is 1. The normalized spacial score (nSPS) is 16.2. The van der Waals surface area contributed by atoms with Crippen molar-refractivity contribution in [3.05, 3.63) is 47.5 Å². The summed E-state index contributed by atoms with van der Waals surface area (Å²) in [4.78, 5) is 19.9. The average Bonchev–Trinajstić information content (AvgIpc) is 3.42.